The van der Waals surface area contributed by atoms with Gasteiger partial charge < -0.3 is 4.90 Å². The molecule has 1 atom stereocenters. The van der Waals surface area contributed by atoms with Crippen molar-refractivity contribution in [2.75, 3.05) is 26.2 Å². The molecule has 1 unspecified atom stereocenters. The van der Waals surface area contributed by atoms with Gasteiger partial charge >= 0.3 is 0 Å². The van der Waals surface area contributed by atoms with Crippen LogP contribution in [-0.2, 0) is 4.79 Å². The van der Waals surface area contributed by atoms with Gasteiger partial charge in [0, 0.05) is 13.1 Å². The maximum Gasteiger partial charge on any atom is 0.236 e. The first kappa shape index (κ1) is 12.1. The lowest BCUT2D eigenvalue weighted by molar-refractivity contribution is -0.129. The van der Waals surface area contributed by atoms with Crippen LogP contribution < -0.4 is 5.32 Å². The molecule has 1 amide bonds. The van der Waals surface area contributed by atoms with Gasteiger partial charge in [0.25, 0.3) is 0 Å². The molecule has 0 saturated carbocycles. The Balaban J connectivity index is 2.21. The first-order chi connectivity index (χ1) is 7.27. The normalized spacial score (nSPS) is 20.3. The Kier molecular flexibility index (Phi) is 5.20. The van der Waals surface area contributed by atoms with Gasteiger partial charge in [-0.2, -0.15) is 0 Å². The number of hydrogen-bond acceptors (Lipinski definition) is 2. The van der Waals surface area contributed by atoms with Gasteiger partial charge in [-0.1, -0.05) is 19.3 Å². The fourth-order valence-electron chi connectivity index (χ4n) is 2.06. The van der Waals surface area contributed by atoms with Crippen molar-refractivity contribution >= 4 is 5.91 Å². The Morgan fingerprint density at radius 2 is 2.47 bits per heavy atom. The highest BCUT2D eigenvalue weighted by molar-refractivity contribution is 5.78. The van der Waals surface area contributed by atoms with Crippen LogP contribution >= 0.6 is 0 Å². The van der Waals surface area contributed by atoms with Crippen molar-refractivity contribution in [2.24, 2.45) is 5.92 Å². The average Bonchev–Trinajstić information content (AvgIpc) is 2.67. The number of carbonyl (C=O) groups is 1. The molecule has 0 aromatic heterocycles. The number of hydrogen-bond donors (Lipinski definition) is 1. The van der Waals surface area contributed by atoms with E-state index in [1.54, 1.807) is 0 Å². The van der Waals surface area contributed by atoms with Crippen LogP contribution in [0.5, 0.6) is 0 Å². The van der Waals surface area contributed by atoms with E-state index >= 15 is 0 Å². The van der Waals surface area contributed by atoms with Gasteiger partial charge in [0.1, 0.15) is 0 Å². The van der Waals surface area contributed by atoms with E-state index in [9.17, 15) is 4.79 Å². The van der Waals surface area contributed by atoms with Gasteiger partial charge in [-0.15, -0.1) is 6.42 Å². The number of nitrogens with one attached hydrogen (secondary N) is 1. The molecule has 15 heavy (non-hydrogen) atoms. The summed E-state index contributed by atoms with van der Waals surface area (Å²) in [5.74, 6) is 3.36. The second-order valence-electron chi connectivity index (χ2n) is 4.09. The smallest absolute Gasteiger partial charge is 0.236 e. The maximum atomic E-state index is 11.7. The average molecular weight is 208 g/mol. The monoisotopic (exact) mass is 208 g/mol. The topological polar surface area (TPSA) is 32.3 Å². The van der Waals surface area contributed by atoms with Crippen molar-refractivity contribution in [1.82, 2.24) is 10.2 Å². The van der Waals surface area contributed by atoms with Crippen LogP contribution in [0.2, 0.25) is 0 Å². The molecule has 1 fully saturated rings. The number of rotatable bonds is 5. The van der Waals surface area contributed by atoms with Crippen LogP contribution in [-0.4, -0.2) is 37.0 Å². The summed E-state index contributed by atoms with van der Waals surface area (Å²) in [5.41, 5.74) is 0. The van der Waals surface area contributed by atoms with E-state index in [1.165, 1.54) is 12.8 Å². The number of nitrogens with zero attached hydrogens (tertiary/aromatic N) is 1. The van der Waals surface area contributed by atoms with Gasteiger partial charge in [0.05, 0.1) is 13.1 Å². The molecule has 0 spiro atoms. The summed E-state index contributed by atoms with van der Waals surface area (Å²) in [6.45, 7) is 4.89. The summed E-state index contributed by atoms with van der Waals surface area (Å²) in [4.78, 5) is 13.6. The van der Waals surface area contributed by atoms with E-state index in [4.69, 9.17) is 6.42 Å². The van der Waals surface area contributed by atoms with Gasteiger partial charge in [0.2, 0.25) is 5.91 Å². The minimum absolute atomic E-state index is 0.184. The summed E-state index contributed by atoms with van der Waals surface area (Å²) in [5, 5.41) is 2.93. The van der Waals surface area contributed by atoms with Crippen molar-refractivity contribution in [1.29, 1.82) is 0 Å². The third-order valence-electron chi connectivity index (χ3n) is 2.84. The molecule has 1 aliphatic heterocycles. The van der Waals surface area contributed by atoms with Crippen LogP contribution in [0, 0.1) is 18.3 Å². The molecule has 0 aromatic rings. The maximum absolute atomic E-state index is 11.7. The van der Waals surface area contributed by atoms with Crippen LogP contribution in [0.25, 0.3) is 0 Å². The molecule has 1 aliphatic rings. The second kappa shape index (κ2) is 6.47. The van der Waals surface area contributed by atoms with E-state index in [-0.39, 0.29) is 5.91 Å². The summed E-state index contributed by atoms with van der Waals surface area (Å²) in [6.07, 6.45) is 8.70. The molecule has 0 bridgehead atoms. The van der Waals surface area contributed by atoms with E-state index in [0.717, 1.165) is 19.5 Å². The van der Waals surface area contributed by atoms with Crippen LogP contribution in [0.15, 0.2) is 0 Å². The number of terminal acetylenes is 1. The van der Waals surface area contributed by atoms with E-state index in [2.05, 4.69) is 18.2 Å². The molecular formula is C12H20N2O. The molecule has 0 aromatic carbocycles. The summed E-state index contributed by atoms with van der Waals surface area (Å²) >= 11 is 0. The van der Waals surface area contributed by atoms with E-state index in [0.29, 0.717) is 19.0 Å². The fraction of sp³-hybridized carbons (Fsp3) is 0.750. The number of likely N-dealkylation sites (tertiary alicyclic amines) is 1. The zero-order valence-corrected chi connectivity index (χ0v) is 9.46. The first-order valence-electron chi connectivity index (χ1n) is 5.69. The predicted octanol–water partition coefficient (Wildman–Crippen LogP) is 0.858. The van der Waals surface area contributed by atoms with Crippen molar-refractivity contribution in [3.8, 4) is 12.3 Å². The molecule has 1 saturated heterocycles. The second-order valence-corrected chi connectivity index (χ2v) is 4.09. The van der Waals surface area contributed by atoms with Crippen molar-refractivity contribution in [3.05, 3.63) is 0 Å². The quantitative estimate of drug-likeness (QED) is 0.537. The summed E-state index contributed by atoms with van der Waals surface area (Å²) < 4.78 is 0. The summed E-state index contributed by atoms with van der Waals surface area (Å²) in [6, 6.07) is 0. The zero-order chi connectivity index (χ0) is 11.1. The third kappa shape index (κ3) is 3.93. The molecule has 3 nitrogen and oxygen atoms in total. The van der Waals surface area contributed by atoms with Gasteiger partial charge in [-0.25, -0.2) is 0 Å². The highest BCUT2D eigenvalue weighted by Gasteiger charge is 2.24. The molecule has 1 rings (SSSR count). The Morgan fingerprint density at radius 3 is 3.13 bits per heavy atom. The van der Waals surface area contributed by atoms with Crippen LogP contribution in [0.3, 0.4) is 0 Å². The first-order valence-corrected chi connectivity index (χ1v) is 5.69. The van der Waals surface area contributed by atoms with Gasteiger partial charge in [-0.05, 0) is 18.8 Å². The molecule has 3 heteroatoms. The van der Waals surface area contributed by atoms with Crippen molar-refractivity contribution in [3.63, 3.8) is 0 Å². The standard InChI is InChI=1S/C12H20N2O/c1-3-5-11-6-8-14(10-11)12(15)9-13-7-4-2/h2,11,13H,3,5-10H2,1H3. The molecule has 0 aliphatic carbocycles. The van der Waals surface area contributed by atoms with Crippen LogP contribution in [0.1, 0.15) is 26.2 Å². The van der Waals surface area contributed by atoms with E-state index < -0.39 is 0 Å². The highest BCUT2D eigenvalue weighted by atomic mass is 16.2. The fourth-order valence-corrected chi connectivity index (χ4v) is 2.06. The zero-order valence-electron chi connectivity index (χ0n) is 9.46. The molecular weight excluding hydrogens is 188 g/mol. The SMILES string of the molecule is C#CCNCC(=O)N1CCC(CCC)C1. The number of carbonyl (C=O) groups excluding carboxylic acids is 1. The molecule has 1 heterocycles. The Morgan fingerprint density at radius 1 is 1.67 bits per heavy atom. The third-order valence-corrected chi connectivity index (χ3v) is 2.84. The largest absolute Gasteiger partial charge is 0.341 e. The Labute approximate surface area is 92.2 Å². The minimum atomic E-state index is 0.184. The van der Waals surface area contributed by atoms with Crippen molar-refractivity contribution < 1.29 is 4.79 Å². The van der Waals surface area contributed by atoms with E-state index in [1.807, 2.05) is 4.90 Å². The summed E-state index contributed by atoms with van der Waals surface area (Å²) in [7, 11) is 0. The van der Waals surface area contributed by atoms with Crippen molar-refractivity contribution in [2.45, 2.75) is 26.2 Å². The van der Waals surface area contributed by atoms with Crippen LogP contribution in [0.4, 0.5) is 0 Å². The molecule has 0 radical (unpaired) electrons. The molecule has 1 N–H and O–H groups in total. The predicted molar refractivity (Wildman–Crippen MR) is 61.3 cm³/mol. The lowest BCUT2D eigenvalue weighted by Gasteiger charge is -2.16. The highest BCUT2D eigenvalue weighted by Crippen LogP contribution is 2.20. The molecule has 84 valence electrons. The lowest BCUT2D eigenvalue weighted by atomic mass is 10.0. The Bertz CT molecular complexity index is 244. The van der Waals surface area contributed by atoms with Gasteiger partial charge in [0.15, 0.2) is 0 Å². The van der Waals surface area contributed by atoms with Gasteiger partial charge in [-0.3, -0.25) is 10.1 Å². The Hall–Kier alpha value is -1.01. The number of amides is 1. The lowest BCUT2D eigenvalue weighted by Crippen LogP contribution is -2.36. The minimum Gasteiger partial charge on any atom is -0.341 e.